The number of nitrogen functional groups attached to an aromatic ring is 1. The fourth-order valence-corrected chi connectivity index (χ4v) is 1.76. The van der Waals surface area contributed by atoms with Gasteiger partial charge in [0, 0.05) is 17.7 Å². The summed E-state index contributed by atoms with van der Waals surface area (Å²) in [5.74, 6) is 4.66. The molecule has 0 bridgehead atoms. The number of nitrogens with one attached hydrogen (secondary N) is 2. The van der Waals surface area contributed by atoms with Crippen LogP contribution in [0.15, 0.2) is 24.3 Å². The first-order valence-electron chi connectivity index (χ1n) is 6.58. The third-order valence-electron chi connectivity index (χ3n) is 2.80. The van der Waals surface area contributed by atoms with Crippen LogP contribution in [0.1, 0.15) is 49.4 Å². The highest BCUT2D eigenvalue weighted by Crippen LogP contribution is 2.12. The van der Waals surface area contributed by atoms with E-state index in [0.717, 1.165) is 25.7 Å². The molecule has 19 heavy (non-hydrogen) atoms. The number of carbonyl (C=O) groups excluding carboxylic acids is 2. The average Bonchev–Trinajstić information content (AvgIpc) is 2.43. The maximum absolute atomic E-state index is 11.7. The van der Waals surface area contributed by atoms with E-state index in [1.54, 1.807) is 24.3 Å². The van der Waals surface area contributed by atoms with Gasteiger partial charge in [0.1, 0.15) is 0 Å². The van der Waals surface area contributed by atoms with Crippen molar-refractivity contribution in [2.75, 3.05) is 5.32 Å². The predicted molar refractivity (Wildman–Crippen MR) is 75.5 cm³/mol. The molecule has 0 atom stereocenters. The zero-order chi connectivity index (χ0) is 14.1. The number of hydrazine groups is 1. The first-order chi connectivity index (χ1) is 9.17. The summed E-state index contributed by atoms with van der Waals surface area (Å²) in [6.07, 6.45) is 4.77. The van der Waals surface area contributed by atoms with Crippen LogP contribution in [-0.2, 0) is 4.79 Å². The minimum Gasteiger partial charge on any atom is -0.326 e. The zero-order valence-corrected chi connectivity index (χ0v) is 11.2. The average molecular weight is 263 g/mol. The number of unbranched alkanes of at least 4 members (excludes halogenated alkanes) is 3. The molecule has 0 aliphatic rings. The van der Waals surface area contributed by atoms with Gasteiger partial charge in [0.15, 0.2) is 0 Å². The highest BCUT2D eigenvalue weighted by atomic mass is 16.2. The van der Waals surface area contributed by atoms with E-state index in [1.807, 2.05) is 0 Å². The molecule has 1 aromatic rings. The number of nitrogens with two attached hydrogens (primary N) is 1. The number of carbonyl (C=O) groups is 2. The topological polar surface area (TPSA) is 84.2 Å². The molecule has 5 heteroatoms. The summed E-state index contributed by atoms with van der Waals surface area (Å²) in [6.45, 7) is 2.13. The lowest BCUT2D eigenvalue weighted by atomic mass is 10.1. The lowest BCUT2D eigenvalue weighted by Gasteiger charge is -2.06. The van der Waals surface area contributed by atoms with Crippen LogP contribution in [0.2, 0.25) is 0 Å². The molecule has 0 aromatic heterocycles. The van der Waals surface area contributed by atoms with Crippen LogP contribution < -0.4 is 16.6 Å². The highest BCUT2D eigenvalue weighted by Gasteiger charge is 2.06. The van der Waals surface area contributed by atoms with Gasteiger partial charge < -0.3 is 5.32 Å². The highest BCUT2D eigenvalue weighted by molar-refractivity contribution is 5.96. The number of hydrogen-bond donors (Lipinski definition) is 3. The van der Waals surface area contributed by atoms with Crippen LogP contribution in [0.5, 0.6) is 0 Å². The molecule has 0 saturated carbocycles. The van der Waals surface area contributed by atoms with E-state index in [0.29, 0.717) is 17.7 Å². The Morgan fingerprint density at radius 3 is 2.68 bits per heavy atom. The summed E-state index contributed by atoms with van der Waals surface area (Å²) < 4.78 is 0. The van der Waals surface area contributed by atoms with Gasteiger partial charge in [0.25, 0.3) is 5.91 Å². The number of hydrogen-bond acceptors (Lipinski definition) is 3. The molecule has 0 radical (unpaired) electrons. The van der Waals surface area contributed by atoms with Gasteiger partial charge in [-0.15, -0.1) is 0 Å². The summed E-state index contributed by atoms with van der Waals surface area (Å²) in [5.41, 5.74) is 3.09. The molecule has 0 heterocycles. The smallest absolute Gasteiger partial charge is 0.265 e. The van der Waals surface area contributed by atoms with Crippen molar-refractivity contribution in [3.63, 3.8) is 0 Å². The Bertz CT molecular complexity index is 432. The van der Waals surface area contributed by atoms with Gasteiger partial charge in [0.2, 0.25) is 5.91 Å². The van der Waals surface area contributed by atoms with Crippen LogP contribution in [-0.4, -0.2) is 11.8 Å². The first kappa shape index (κ1) is 15.2. The molecule has 104 valence electrons. The van der Waals surface area contributed by atoms with Gasteiger partial charge >= 0.3 is 0 Å². The first-order valence-corrected chi connectivity index (χ1v) is 6.58. The second kappa shape index (κ2) is 8.26. The second-order valence-electron chi connectivity index (χ2n) is 4.41. The van der Waals surface area contributed by atoms with E-state index >= 15 is 0 Å². The van der Waals surface area contributed by atoms with Gasteiger partial charge in [-0.3, -0.25) is 15.0 Å². The normalized spacial score (nSPS) is 10.0. The number of anilines is 1. The fraction of sp³-hybridized carbons (Fsp3) is 0.429. The molecule has 0 unspecified atom stereocenters. The van der Waals surface area contributed by atoms with Crippen molar-refractivity contribution in [1.29, 1.82) is 0 Å². The Labute approximate surface area is 113 Å². The SMILES string of the molecule is CCCCCCC(=O)Nc1cccc(C(=O)NN)c1. The summed E-state index contributed by atoms with van der Waals surface area (Å²) in [6, 6.07) is 6.69. The third kappa shape index (κ3) is 5.52. The quantitative estimate of drug-likeness (QED) is 0.305. The molecule has 1 rings (SSSR count). The minimum absolute atomic E-state index is 0.0265. The van der Waals surface area contributed by atoms with E-state index < -0.39 is 0 Å². The van der Waals surface area contributed by atoms with Crippen molar-refractivity contribution in [1.82, 2.24) is 5.43 Å². The summed E-state index contributed by atoms with van der Waals surface area (Å²) in [7, 11) is 0. The predicted octanol–water partition coefficient (Wildman–Crippen LogP) is 2.20. The van der Waals surface area contributed by atoms with Crippen molar-refractivity contribution >= 4 is 17.5 Å². The third-order valence-corrected chi connectivity index (χ3v) is 2.80. The van der Waals surface area contributed by atoms with Gasteiger partial charge in [-0.2, -0.15) is 0 Å². The molecule has 0 fully saturated rings. The molecule has 4 N–H and O–H groups in total. The van der Waals surface area contributed by atoms with Gasteiger partial charge in [-0.1, -0.05) is 32.3 Å². The molecule has 2 amide bonds. The lowest BCUT2D eigenvalue weighted by Crippen LogP contribution is -2.30. The van der Waals surface area contributed by atoms with Crippen LogP contribution in [0.4, 0.5) is 5.69 Å². The maximum atomic E-state index is 11.7. The Morgan fingerprint density at radius 1 is 1.21 bits per heavy atom. The van der Waals surface area contributed by atoms with Crippen LogP contribution >= 0.6 is 0 Å². The lowest BCUT2D eigenvalue weighted by molar-refractivity contribution is -0.116. The van der Waals surface area contributed by atoms with Crippen LogP contribution in [0.3, 0.4) is 0 Å². The summed E-state index contributed by atoms with van der Waals surface area (Å²) in [5, 5.41) is 2.78. The van der Waals surface area contributed by atoms with Gasteiger partial charge in [-0.25, -0.2) is 5.84 Å². The van der Waals surface area contributed by atoms with Crippen molar-refractivity contribution in [3.05, 3.63) is 29.8 Å². The van der Waals surface area contributed by atoms with Crippen LogP contribution in [0.25, 0.3) is 0 Å². The molecule has 1 aromatic carbocycles. The molecule has 0 aliphatic carbocycles. The summed E-state index contributed by atoms with van der Waals surface area (Å²) in [4.78, 5) is 23.0. The molecule has 0 aliphatic heterocycles. The van der Waals surface area contributed by atoms with E-state index in [9.17, 15) is 9.59 Å². The largest absolute Gasteiger partial charge is 0.326 e. The van der Waals surface area contributed by atoms with Crippen molar-refractivity contribution in [2.45, 2.75) is 39.0 Å². The molecule has 0 saturated heterocycles. The Hall–Kier alpha value is -1.88. The fourth-order valence-electron chi connectivity index (χ4n) is 1.76. The Morgan fingerprint density at radius 2 is 2.00 bits per heavy atom. The number of benzene rings is 1. The molecular weight excluding hydrogens is 242 g/mol. The maximum Gasteiger partial charge on any atom is 0.265 e. The van der Waals surface area contributed by atoms with E-state index in [-0.39, 0.29) is 11.8 Å². The number of amides is 2. The Kier molecular flexibility index (Phi) is 6.60. The van der Waals surface area contributed by atoms with Crippen molar-refractivity contribution in [3.8, 4) is 0 Å². The number of rotatable bonds is 7. The van der Waals surface area contributed by atoms with E-state index in [1.165, 1.54) is 0 Å². The van der Waals surface area contributed by atoms with Gasteiger partial charge in [-0.05, 0) is 24.6 Å². The molecule has 0 spiro atoms. The second-order valence-corrected chi connectivity index (χ2v) is 4.41. The monoisotopic (exact) mass is 263 g/mol. The van der Waals surface area contributed by atoms with E-state index in [4.69, 9.17) is 5.84 Å². The van der Waals surface area contributed by atoms with Crippen molar-refractivity contribution in [2.24, 2.45) is 5.84 Å². The van der Waals surface area contributed by atoms with E-state index in [2.05, 4.69) is 17.7 Å². The van der Waals surface area contributed by atoms with Gasteiger partial charge in [0.05, 0.1) is 0 Å². The molecule has 5 nitrogen and oxygen atoms in total. The minimum atomic E-state index is -0.376. The van der Waals surface area contributed by atoms with Crippen molar-refractivity contribution < 1.29 is 9.59 Å². The summed E-state index contributed by atoms with van der Waals surface area (Å²) >= 11 is 0. The zero-order valence-electron chi connectivity index (χ0n) is 11.2. The van der Waals surface area contributed by atoms with Crippen LogP contribution in [0, 0.1) is 0 Å². The molecular formula is C14H21N3O2. The Balaban J connectivity index is 2.48. The standard InChI is InChI=1S/C14H21N3O2/c1-2-3-4-5-9-13(18)16-12-8-6-7-11(10-12)14(19)17-15/h6-8,10H,2-5,9,15H2,1H3,(H,16,18)(H,17,19).